The monoisotopic (exact) mass is 506 g/mol. The normalized spacial score (nSPS) is 16.1. The lowest BCUT2D eigenvalue weighted by Gasteiger charge is -2.30. The number of alkyl carbamates (subject to hydrolysis) is 1. The van der Waals surface area contributed by atoms with Crippen molar-refractivity contribution in [2.75, 3.05) is 13.7 Å². The van der Waals surface area contributed by atoms with Gasteiger partial charge in [0.25, 0.3) is 0 Å². The van der Waals surface area contributed by atoms with Gasteiger partial charge in [0.2, 0.25) is 5.91 Å². The molecule has 0 bridgehead atoms. The Kier molecular flexibility index (Phi) is 7.71. The van der Waals surface area contributed by atoms with Crippen molar-refractivity contribution in [3.63, 3.8) is 0 Å². The van der Waals surface area contributed by atoms with Crippen molar-refractivity contribution < 1.29 is 23.5 Å². The Balaban J connectivity index is 1.54. The number of rotatable bonds is 7. The molecule has 1 aliphatic heterocycles. The number of benzene rings is 2. The highest BCUT2D eigenvalue weighted by Crippen LogP contribution is 2.33. The number of amides is 2. The smallest absolute Gasteiger partial charge is 0.407 e. The number of likely N-dealkylation sites (tertiary alicyclic amines) is 1. The predicted molar refractivity (Wildman–Crippen MR) is 137 cm³/mol. The van der Waals surface area contributed by atoms with E-state index in [2.05, 4.69) is 20.0 Å². The molecule has 3 aromatic rings. The highest BCUT2D eigenvalue weighted by Gasteiger charge is 2.37. The summed E-state index contributed by atoms with van der Waals surface area (Å²) >= 11 is 0. The maximum Gasteiger partial charge on any atom is 0.407 e. The number of nitrogens with one attached hydrogen (secondary N) is 2. The first-order valence-electron chi connectivity index (χ1n) is 12.3. The van der Waals surface area contributed by atoms with Gasteiger partial charge in [-0.2, -0.15) is 0 Å². The maximum absolute atomic E-state index is 15.1. The van der Waals surface area contributed by atoms with E-state index in [4.69, 9.17) is 0 Å². The van der Waals surface area contributed by atoms with E-state index in [-0.39, 0.29) is 23.7 Å². The van der Waals surface area contributed by atoms with Gasteiger partial charge in [-0.15, -0.1) is 0 Å². The standard InChI is InChI=1S/C28H31FN4O4/c1-16(2)25(32-28(36)37-4)27(35)33-13-5-6-24(33)26-30-15-23(31-26)20-11-12-21(22(29)14-20)19-9-7-18(8-10-19)17(3)34/h7-12,14-16,24-25H,5-6,13H2,1-4H3,(H,30,31)(H,32,36)/t24-,25-/m0/s1. The zero-order chi connectivity index (χ0) is 26.7. The summed E-state index contributed by atoms with van der Waals surface area (Å²) in [5.74, 6) is -0.132. The molecule has 2 amide bonds. The number of imidazole rings is 1. The highest BCUT2D eigenvalue weighted by molar-refractivity contribution is 5.94. The zero-order valence-corrected chi connectivity index (χ0v) is 21.4. The third-order valence-corrected chi connectivity index (χ3v) is 6.72. The molecule has 1 aliphatic rings. The molecule has 0 aliphatic carbocycles. The molecule has 0 unspecified atom stereocenters. The average molecular weight is 507 g/mol. The van der Waals surface area contributed by atoms with Crippen molar-refractivity contribution in [1.82, 2.24) is 20.2 Å². The van der Waals surface area contributed by atoms with E-state index in [1.165, 1.54) is 20.1 Å². The molecule has 2 aromatic carbocycles. The summed E-state index contributed by atoms with van der Waals surface area (Å²) in [5, 5.41) is 2.64. The maximum atomic E-state index is 15.1. The zero-order valence-electron chi connectivity index (χ0n) is 21.4. The van der Waals surface area contributed by atoms with Crippen LogP contribution in [0.3, 0.4) is 0 Å². The average Bonchev–Trinajstić information content (AvgIpc) is 3.56. The first kappa shape index (κ1) is 26.1. The first-order valence-corrected chi connectivity index (χ1v) is 12.3. The quantitative estimate of drug-likeness (QED) is 0.433. The van der Waals surface area contributed by atoms with Gasteiger partial charge in [-0.1, -0.05) is 50.2 Å². The molecule has 1 aromatic heterocycles. The number of hydrogen-bond acceptors (Lipinski definition) is 5. The van der Waals surface area contributed by atoms with Gasteiger partial charge in [0.1, 0.15) is 17.7 Å². The molecule has 2 N–H and O–H groups in total. The van der Waals surface area contributed by atoms with E-state index in [9.17, 15) is 14.4 Å². The summed E-state index contributed by atoms with van der Waals surface area (Å²) in [4.78, 5) is 46.1. The van der Waals surface area contributed by atoms with E-state index in [1.807, 2.05) is 13.8 Å². The van der Waals surface area contributed by atoms with Gasteiger partial charge >= 0.3 is 6.09 Å². The Bertz CT molecular complexity index is 1300. The molecule has 0 spiro atoms. The minimum atomic E-state index is -0.714. The molecule has 1 saturated heterocycles. The first-order chi connectivity index (χ1) is 17.7. The minimum Gasteiger partial charge on any atom is -0.453 e. The van der Waals surface area contributed by atoms with Gasteiger partial charge in [-0.25, -0.2) is 14.2 Å². The van der Waals surface area contributed by atoms with E-state index in [1.54, 1.807) is 47.5 Å². The third kappa shape index (κ3) is 5.55. The third-order valence-electron chi connectivity index (χ3n) is 6.72. The molecule has 0 radical (unpaired) electrons. The molecule has 194 valence electrons. The van der Waals surface area contributed by atoms with Crippen molar-refractivity contribution in [1.29, 1.82) is 0 Å². The van der Waals surface area contributed by atoms with E-state index in [0.29, 0.717) is 40.3 Å². The Hall–Kier alpha value is -4.01. The lowest BCUT2D eigenvalue weighted by Crippen LogP contribution is -2.51. The number of methoxy groups -OCH3 is 1. The Morgan fingerprint density at radius 1 is 1.14 bits per heavy atom. The highest BCUT2D eigenvalue weighted by atomic mass is 19.1. The fraction of sp³-hybridized carbons (Fsp3) is 0.357. The van der Waals surface area contributed by atoms with Gasteiger partial charge in [-0.3, -0.25) is 9.59 Å². The molecule has 37 heavy (non-hydrogen) atoms. The number of nitrogens with zero attached hydrogens (tertiary/aromatic N) is 2. The number of halogens is 1. The molecule has 2 atom stereocenters. The fourth-order valence-electron chi connectivity index (χ4n) is 4.65. The van der Waals surface area contributed by atoms with Crippen LogP contribution in [0.15, 0.2) is 48.7 Å². The molecule has 1 fully saturated rings. The van der Waals surface area contributed by atoms with Crippen LogP contribution in [-0.2, 0) is 9.53 Å². The number of carbonyl (C=O) groups excluding carboxylic acids is 3. The lowest BCUT2D eigenvalue weighted by atomic mass is 10.0. The van der Waals surface area contributed by atoms with Gasteiger partial charge in [0, 0.05) is 23.2 Å². The van der Waals surface area contributed by atoms with E-state index in [0.717, 1.165) is 12.8 Å². The van der Waals surface area contributed by atoms with Crippen LogP contribution in [0.2, 0.25) is 0 Å². The van der Waals surface area contributed by atoms with Crippen LogP contribution >= 0.6 is 0 Å². The molecular weight excluding hydrogens is 475 g/mol. The van der Waals surface area contributed by atoms with E-state index >= 15 is 4.39 Å². The van der Waals surface area contributed by atoms with Crippen LogP contribution in [0.25, 0.3) is 22.4 Å². The Morgan fingerprint density at radius 2 is 1.84 bits per heavy atom. The fourth-order valence-corrected chi connectivity index (χ4v) is 4.65. The molecule has 8 nitrogen and oxygen atoms in total. The van der Waals surface area contributed by atoms with Gasteiger partial charge < -0.3 is 19.9 Å². The predicted octanol–water partition coefficient (Wildman–Crippen LogP) is 5.13. The van der Waals surface area contributed by atoms with Crippen molar-refractivity contribution >= 4 is 17.8 Å². The van der Waals surface area contributed by atoms with Crippen LogP contribution < -0.4 is 5.32 Å². The number of hydrogen-bond donors (Lipinski definition) is 2. The molecule has 4 rings (SSSR count). The SMILES string of the molecule is COC(=O)N[C@H](C(=O)N1CCC[C@H]1c1ncc(-c2ccc(-c3ccc(C(C)=O)cc3)c(F)c2)[nH]1)C(C)C. The largest absolute Gasteiger partial charge is 0.453 e. The van der Waals surface area contributed by atoms with Crippen molar-refractivity contribution in [3.05, 3.63) is 65.9 Å². The number of Topliss-reactive ketones (excluding diaryl/α,β-unsaturated/α-hetero) is 1. The number of aromatic nitrogens is 2. The number of carbonyl (C=O) groups is 3. The Labute approximate surface area is 215 Å². The molecule has 2 heterocycles. The van der Waals surface area contributed by atoms with Crippen molar-refractivity contribution in [3.8, 4) is 22.4 Å². The summed E-state index contributed by atoms with van der Waals surface area (Å²) in [6, 6.07) is 10.8. The van der Waals surface area contributed by atoms with Gasteiger partial charge in [0.05, 0.1) is 25.0 Å². The molecule has 9 heteroatoms. The number of ketones is 1. The minimum absolute atomic E-state index is 0.0422. The number of ether oxygens (including phenoxy) is 1. The summed E-state index contributed by atoms with van der Waals surface area (Å²) in [6.45, 7) is 5.78. The summed E-state index contributed by atoms with van der Waals surface area (Å²) in [5.41, 5.74) is 2.96. The second-order valence-corrected chi connectivity index (χ2v) is 9.56. The van der Waals surface area contributed by atoms with Crippen LogP contribution in [0, 0.1) is 11.7 Å². The summed E-state index contributed by atoms with van der Waals surface area (Å²) < 4.78 is 19.7. The van der Waals surface area contributed by atoms with Gasteiger partial charge in [0.15, 0.2) is 5.78 Å². The van der Waals surface area contributed by atoms with Crippen LogP contribution in [-0.4, -0.2) is 52.3 Å². The number of H-pyrrole nitrogens is 1. The number of aromatic amines is 1. The van der Waals surface area contributed by atoms with Gasteiger partial charge in [-0.05, 0) is 37.3 Å². The summed E-state index contributed by atoms with van der Waals surface area (Å²) in [7, 11) is 1.26. The van der Waals surface area contributed by atoms with E-state index < -0.39 is 18.0 Å². The molecular formula is C28H31FN4O4. The molecule has 0 saturated carbocycles. The second kappa shape index (κ2) is 10.9. The van der Waals surface area contributed by atoms with Crippen LogP contribution in [0.5, 0.6) is 0 Å². The van der Waals surface area contributed by atoms with Crippen LogP contribution in [0.4, 0.5) is 9.18 Å². The summed E-state index contributed by atoms with van der Waals surface area (Å²) in [6.07, 6.45) is 2.52. The lowest BCUT2D eigenvalue weighted by molar-refractivity contribution is -0.135. The van der Waals surface area contributed by atoms with Crippen molar-refractivity contribution in [2.24, 2.45) is 5.92 Å². The van der Waals surface area contributed by atoms with Crippen LogP contribution in [0.1, 0.15) is 55.8 Å². The Morgan fingerprint density at radius 3 is 2.46 bits per heavy atom. The topological polar surface area (TPSA) is 104 Å². The second-order valence-electron chi connectivity index (χ2n) is 9.56. The van der Waals surface area contributed by atoms with Crippen molar-refractivity contribution in [2.45, 2.75) is 45.7 Å².